The lowest BCUT2D eigenvalue weighted by Gasteiger charge is -2.22. The van der Waals surface area contributed by atoms with E-state index in [0.29, 0.717) is 12.0 Å². The standard InChI is InChI=1S/C16H25NO/c1-12(2)13-7-9-14(10-8-13)16(11-18)17-15-5-3-4-6-15/h7-10,12,15-18H,3-6,11H2,1-2H3. The fourth-order valence-corrected chi connectivity index (χ4v) is 2.74. The average molecular weight is 247 g/mol. The molecule has 1 unspecified atom stereocenters. The van der Waals surface area contributed by atoms with Gasteiger partial charge in [0.25, 0.3) is 0 Å². The van der Waals surface area contributed by atoms with Gasteiger partial charge in [0, 0.05) is 6.04 Å². The maximum Gasteiger partial charge on any atom is 0.0626 e. The minimum Gasteiger partial charge on any atom is -0.394 e. The van der Waals surface area contributed by atoms with Crippen molar-refractivity contribution in [3.63, 3.8) is 0 Å². The van der Waals surface area contributed by atoms with Gasteiger partial charge < -0.3 is 10.4 Å². The molecule has 100 valence electrons. The molecule has 0 radical (unpaired) electrons. The van der Waals surface area contributed by atoms with Gasteiger partial charge in [-0.05, 0) is 29.9 Å². The maximum atomic E-state index is 9.56. The summed E-state index contributed by atoms with van der Waals surface area (Å²) in [4.78, 5) is 0. The molecular formula is C16H25NO. The zero-order valence-corrected chi connectivity index (χ0v) is 11.5. The van der Waals surface area contributed by atoms with Gasteiger partial charge in [-0.2, -0.15) is 0 Å². The number of benzene rings is 1. The molecule has 1 aromatic rings. The normalized spacial score (nSPS) is 18.4. The molecule has 2 rings (SSSR count). The first-order valence-corrected chi connectivity index (χ1v) is 7.17. The number of hydrogen-bond donors (Lipinski definition) is 2. The van der Waals surface area contributed by atoms with E-state index in [2.05, 4.69) is 43.4 Å². The van der Waals surface area contributed by atoms with E-state index in [0.717, 1.165) is 0 Å². The van der Waals surface area contributed by atoms with E-state index in [1.165, 1.54) is 36.8 Å². The summed E-state index contributed by atoms with van der Waals surface area (Å²) in [6.45, 7) is 4.59. The molecule has 1 atom stereocenters. The van der Waals surface area contributed by atoms with E-state index in [9.17, 15) is 5.11 Å². The summed E-state index contributed by atoms with van der Waals surface area (Å²) in [5.74, 6) is 0.564. The molecule has 1 saturated carbocycles. The van der Waals surface area contributed by atoms with Crippen molar-refractivity contribution in [2.75, 3.05) is 6.61 Å². The summed E-state index contributed by atoms with van der Waals surface area (Å²) >= 11 is 0. The smallest absolute Gasteiger partial charge is 0.0626 e. The third kappa shape index (κ3) is 3.33. The van der Waals surface area contributed by atoms with E-state index >= 15 is 0 Å². The second-order valence-corrected chi connectivity index (χ2v) is 5.70. The molecule has 0 bridgehead atoms. The highest BCUT2D eigenvalue weighted by Gasteiger charge is 2.19. The third-order valence-corrected chi connectivity index (χ3v) is 3.98. The summed E-state index contributed by atoms with van der Waals surface area (Å²) in [5, 5.41) is 13.1. The Morgan fingerprint density at radius 2 is 1.67 bits per heavy atom. The third-order valence-electron chi connectivity index (χ3n) is 3.98. The Morgan fingerprint density at radius 3 is 2.17 bits per heavy atom. The first-order chi connectivity index (χ1) is 8.70. The van der Waals surface area contributed by atoms with Crippen molar-refractivity contribution in [2.24, 2.45) is 0 Å². The van der Waals surface area contributed by atoms with Crippen molar-refractivity contribution in [3.8, 4) is 0 Å². The largest absolute Gasteiger partial charge is 0.394 e. The minimum atomic E-state index is 0.0920. The van der Waals surface area contributed by atoms with Crippen LogP contribution in [0.1, 0.15) is 62.6 Å². The summed E-state index contributed by atoms with van der Waals surface area (Å²) in [5.41, 5.74) is 2.56. The number of aliphatic hydroxyl groups excluding tert-OH is 1. The molecule has 2 N–H and O–H groups in total. The van der Waals surface area contributed by atoms with E-state index in [1.54, 1.807) is 0 Å². The SMILES string of the molecule is CC(C)c1ccc(C(CO)NC2CCCC2)cc1. The molecule has 1 fully saturated rings. The highest BCUT2D eigenvalue weighted by molar-refractivity contribution is 5.27. The molecule has 1 aromatic carbocycles. The zero-order chi connectivity index (χ0) is 13.0. The van der Waals surface area contributed by atoms with Crippen LogP contribution in [0.2, 0.25) is 0 Å². The second kappa shape index (κ2) is 6.35. The van der Waals surface area contributed by atoms with E-state index in [1.807, 2.05) is 0 Å². The predicted molar refractivity (Wildman–Crippen MR) is 75.7 cm³/mol. The molecule has 0 aromatic heterocycles. The van der Waals surface area contributed by atoms with Crippen molar-refractivity contribution >= 4 is 0 Å². The van der Waals surface area contributed by atoms with Crippen LogP contribution in [0.5, 0.6) is 0 Å². The van der Waals surface area contributed by atoms with Crippen LogP contribution in [0.25, 0.3) is 0 Å². The van der Waals surface area contributed by atoms with Crippen molar-refractivity contribution in [3.05, 3.63) is 35.4 Å². The van der Waals surface area contributed by atoms with Crippen LogP contribution < -0.4 is 5.32 Å². The fraction of sp³-hybridized carbons (Fsp3) is 0.625. The van der Waals surface area contributed by atoms with Gasteiger partial charge in [-0.1, -0.05) is 51.0 Å². The van der Waals surface area contributed by atoms with Gasteiger partial charge in [0.2, 0.25) is 0 Å². The summed E-state index contributed by atoms with van der Waals surface area (Å²) < 4.78 is 0. The molecular weight excluding hydrogens is 222 g/mol. The molecule has 0 amide bonds. The second-order valence-electron chi connectivity index (χ2n) is 5.70. The Hall–Kier alpha value is -0.860. The Kier molecular flexibility index (Phi) is 4.79. The molecule has 18 heavy (non-hydrogen) atoms. The lowest BCUT2D eigenvalue weighted by molar-refractivity contribution is 0.233. The minimum absolute atomic E-state index is 0.0920. The van der Waals surface area contributed by atoms with E-state index in [4.69, 9.17) is 0 Å². The van der Waals surface area contributed by atoms with Gasteiger partial charge in [-0.25, -0.2) is 0 Å². The van der Waals surface area contributed by atoms with Crippen molar-refractivity contribution in [1.82, 2.24) is 5.32 Å². The van der Waals surface area contributed by atoms with Gasteiger partial charge in [0.15, 0.2) is 0 Å². The predicted octanol–water partition coefficient (Wildman–Crippen LogP) is 3.38. The summed E-state index contributed by atoms with van der Waals surface area (Å²) in [6.07, 6.45) is 5.14. The van der Waals surface area contributed by atoms with Gasteiger partial charge in [0.1, 0.15) is 0 Å². The van der Waals surface area contributed by atoms with Crippen LogP contribution in [0, 0.1) is 0 Å². The Balaban J connectivity index is 2.02. The first kappa shape index (κ1) is 13.6. The molecule has 1 aliphatic carbocycles. The topological polar surface area (TPSA) is 32.3 Å². The fourth-order valence-electron chi connectivity index (χ4n) is 2.74. The van der Waals surface area contributed by atoms with Crippen LogP contribution >= 0.6 is 0 Å². The molecule has 0 heterocycles. The van der Waals surface area contributed by atoms with Crippen molar-refractivity contribution in [1.29, 1.82) is 0 Å². The van der Waals surface area contributed by atoms with Gasteiger partial charge in [0.05, 0.1) is 12.6 Å². The highest BCUT2D eigenvalue weighted by atomic mass is 16.3. The number of nitrogens with one attached hydrogen (secondary N) is 1. The van der Waals surface area contributed by atoms with Crippen LogP contribution in [-0.4, -0.2) is 17.8 Å². The van der Waals surface area contributed by atoms with Gasteiger partial charge >= 0.3 is 0 Å². The van der Waals surface area contributed by atoms with Gasteiger partial charge in [-0.3, -0.25) is 0 Å². The molecule has 0 aliphatic heterocycles. The quantitative estimate of drug-likeness (QED) is 0.836. The monoisotopic (exact) mass is 247 g/mol. The molecule has 1 aliphatic rings. The van der Waals surface area contributed by atoms with Crippen molar-refractivity contribution in [2.45, 2.75) is 57.5 Å². The lowest BCUT2D eigenvalue weighted by atomic mass is 9.99. The molecule has 0 spiro atoms. The van der Waals surface area contributed by atoms with Crippen molar-refractivity contribution < 1.29 is 5.11 Å². The molecule has 0 saturated heterocycles. The van der Waals surface area contributed by atoms with E-state index < -0.39 is 0 Å². The Labute approximate surface area is 110 Å². The van der Waals surface area contributed by atoms with Crippen LogP contribution in [-0.2, 0) is 0 Å². The summed E-state index contributed by atoms with van der Waals surface area (Å²) in [6, 6.07) is 9.34. The number of rotatable bonds is 5. The average Bonchev–Trinajstić information content (AvgIpc) is 2.89. The zero-order valence-electron chi connectivity index (χ0n) is 11.5. The number of hydrogen-bond acceptors (Lipinski definition) is 2. The summed E-state index contributed by atoms with van der Waals surface area (Å²) in [7, 11) is 0. The van der Waals surface area contributed by atoms with Gasteiger partial charge in [-0.15, -0.1) is 0 Å². The van der Waals surface area contributed by atoms with Crippen LogP contribution in [0.15, 0.2) is 24.3 Å². The first-order valence-electron chi connectivity index (χ1n) is 7.17. The maximum absolute atomic E-state index is 9.56. The Bertz CT molecular complexity index is 352. The Morgan fingerprint density at radius 1 is 1.11 bits per heavy atom. The molecule has 2 nitrogen and oxygen atoms in total. The lowest BCUT2D eigenvalue weighted by Crippen LogP contribution is -2.32. The number of aliphatic hydroxyl groups is 1. The molecule has 2 heteroatoms. The highest BCUT2D eigenvalue weighted by Crippen LogP contribution is 2.23. The van der Waals surface area contributed by atoms with Crippen LogP contribution in [0.3, 0.4) is 0 Å². The van der Waals surface area contributed by atoms with E-state index in [-0.39, 0.29) is 12.6 Å². The van der Waals surface area contributed by atoms with Crippen LogP contribution in [0.4, 0.5) is 0 Å².